The maximum Gasteiger partial charge on any atom is 0.336 e. The van der Waals surface area contributed by atoms with Gasteiger partial charge < -0.3 is 19.7 Å². The zero-order chi connectivity index (χ0) is 20.1. The van der Waals surface area contributed by atoms with Gasteiger partial charge in [-0.15, -0.1) is 0 Å². The molecule has 5 nitrogen and oxygen atoms in total. The topological polar surface area (TPSA) is 76.0 Å². The molecule has 5 heteroatoms. The van der Waals surface area contributed by atoms with E-state index in [0.29, 0.717) is 17.1 Å². The minimum absolute atomic E-state index is 0.0894. The van der Waals surface area contributed by atoms with E-state index in [2.05, 4.69) is 0 Å². The molecule has 0 unspecified atom stereocenters. The van der Waals surface area contributed by atoms with Crippen LogP contribution in [0.2, 0.25) is 0 Å². The maximum absolute atomic E-state index is 11.7. The Balaban J connectivity index is 1.94. The molecule has 0 aliphatic rings. The summed E-state index contributed by atoms with van der Waals surface area (Å²) in [6.07, 6.45) is 1.60. The smallest absolute Gasteiger partial charge is 0.336 e. The third-order valence-corrected chi connectivity index (χ3v) is 4.32. The summed E-state index contributed by atoms with van der Waals surface area (Å²) in [5.41, 5.74) is 3.31. The van der Waals surface area contributed by atoms with Gasteiger partial charge in [-0.1, -0.05) is 36.4 Å². The Hall–Kier alpha value is -3.73. The van der Waals surface area contributed by atoms with Crippen LogP contribution in [0.25, 0.3) is 22.8 Å². The van der Waals surface area contributed by atoms with Crippen LogP contribution in [0.4, 0.5) is 0 Å². The fraction of sp³-hybridized carbons (Fsp3) is 0.0870. The summed E-state index contributed by atoms with van der Waals surface area (Å²) in [5.74, 6) is 0.441. The molecule has 0 fully saturated rings. The van der Waals surface area contributed by atoms with Gasteiger partial charge >= 0.3 is 5.97 Å². The highest BCUT2D eigenvalue weighted by Crippen LogP contribution is 2.30. The summed E-state index contributed by atoms with van der Waals surface area (Å²) in [5, 5.41) is 18.9. The van der Waals surface area contributed by atoms with Crippen molar-refractivity contribution in [2.24, 2.45) is 0 Å². The van der Waals surface area contributed by atoms with Crippen molar-refractivity contribution in [3.05, 3.63) is 77.9 Å². The number of carboxylic acids is 1. The van der Waals surface area contributed by atoms with Crippen molar-refractivity contribution in [1.82, 2.24) is 0 Å². The summed E-state index contributed by atoms with van der Waals surface area (Å²) in [6.45, 7) is 0. The predicted molar refractivity (Wildman–Crippen MR) is 109 cm³/mol. The third-order valence-electron chi connectivity index (χ3n) is 4.32. The molecule has 0 spiro atoms. The van der Waals surface area contributed by atoms with E-state index in [1.165, 1.54) is 12.1 Å². The number of rotatable bonds is 6. The van der Waals surface area contributed by atoms with Gasteiger partial charge in [-0.05, 0) is 52.6 Å². The number of methoxy groups -OCH3 is 2. The van der Waals surface area contributed by atoms with E-state index in [0.717, 1.165) is 16.7 Å². The number of aromatic hydroxyl groups is 1. The van der Waals surface area contributed by atoms with Crippen LogP contribution in [0.15, 0.2) is 66.7 Å². The number of phenols is 1. The van der Waals surface area contributed by atoms with Crippen LogP contribution >= 0.6 is 0 Å². The monoisotopic (exact) mass is 376 g/mol. The van der Waals surface area contributed by atoms with Crippen LogP contribution in [0.3, 0.4) is 0 Å². The molecule has 0 aromatic heterocycles. The number of carboxylic acid groups (broad SMARTS) is 1. The van der Waals surface area contributed by atoms with Crippen molar-refractivity contribution in [2.45, 2.75) is 0 Å². The second-order valence-corrected chi connectivity index (χ2v) is 6.13. The SMILES string of the molecule is COc1cc(OC)cc(-c2ccc(C=C(C(=O)O)c3ccc(O)cc3)cc2)c1. The van der Waals surface area contributed by atoms with Crippen molar-refractivity contribution in [2.75, 3.05) is 14.2 Å². The molecule has 0 saturated heterocycles. The predicted octanol–water partition coefficient (Wildman–Crippen LogP) is 4.70. The molecule has 0 saturated carbocycles. The van der Waals surface area contributed by atoms with Gasteiger partial charge in [0, 0.05) is 6.07 Å². The van der Waals surface area contributed by atoms with Crippen LogP contribution in [-0.2, 0) is 4.79 Å². The first-order valence-electron chi connectivity index (χ1n) is 8.58. The lowest BCUT2D eigenvalue weighted by atomic mass is 10.00. The standard InChI is InChI=1S/C23H20O5/c1-27-20-12-18(13-21(14-20)28-2)16-5-3-15(4-6-16)11-22(23(25)26)17-7-9-19(24)10-8-17/h3-14,24H,1-2H3,(H,25,26). The first-order valence-corrected chi connectivity index (χ1v) is 8.58. The Morgan fingerprint density at radius 2 is 1.39 bits per heavy atom. The second kappa shape index (κ2) is 8.31. The van der Waals surface area contributed by atoms with E-state index in [1.54, 1.807) is 38.5 Å². The van der Waals surface area contributed by atoms with Crippen LogP contribution < -0.4 is 9.47 Å². The first-order chi connectivity index (χ1) is 13.5. The number of carbonyl (C=O) groups is 1. The molecule has 0 bridgehead atoms. The van der Waals surface area contributed by atoms with Gasteiger partial charge in [0.25, 0.3) is 0 Å². The van der Waals surface area contributed by atoms with Crippen LogP contribution in [0, 0.1) is 0 Å². The molecule has 0 atom stereocenters. The zero-order valence-corrected chi connectivity index (χ0v) is 15.5. The summed E-state index contributed by atoms with van der Waals surface area (Å²) < 4.78 is 10.6. The summed E-state index contributed by atoms with van der Waals surface area (Å²) >= 11 is 0. The first kappa shape index (κ1) is 19.0. The molecule has 0 radical (unpaired) electrons. The van der Waals surface area contributed by atoms with Gasteiger partial charge in [0.05, 0.1) is 19.8 Å². The van der Waals surface area contributed by atoms with Crippen LogP contribution in [0.5, 0.6) is 17.2 Å². The van der Waals surface area contributed by atoms with E-state index in [4.69, 9.17) is 9.47 Å². The molecular weight excluding hydrogens is 356 g/mol. The number of benzene rings is 3. The molecule has 3 rings (SSSR count). The van der Waals surface area contributed by atoms with E-state index in [-0.39, 0.29) is 11.3 Å². The Labute approximate surface area is 163 Å². The van der Waals surface area contributed by atoms with Gasteiger partial charge in [0.1, 0.15) is 17.2 Å². The molecule has 0 aliphatic carbocycles. The Morgan fingerprint density at radius 1 is 0.821 bits per heavy atom. The van der Waals surface area contributed by atoms with E-state index < -0.39 is 5.97 Å². The second-order valence-electron chi connectivity index (χ2n) is 6.13. The maximum atomic E-state index is 11.7. The molecule has 0 amide bonds. The van der Waals surface area contributed by atoms with Crippen LogP contribution in [0.1, 0.15) is 11.1 Å². The summed E-state index contributed by atoms with van der Waals surface area (Å²) in [7, 11) is 3.20. The van der Waals surface area contributed by atoms with Crippen molar-refractivity contribution in [1.29, 1.82) is 0 Å². The zero-order valence-electron chi connectivity index (χ0n) is 15.5. The normalized spacial score (nSPS) is 11.1. The largest absolute Gasteiger partial charge is 0.508 e. The lowest BCUT2D eigenvalue weighted by Crippen LogP contribution is -1.99. The Kier molecular flexibility index (Phi) is 5.65. The molecule has 0 aliphatic heterocycles. The van der Waals surface area contributed by atoms with Crippen LogP contribution in [-0.4, -0.2) is 30.4 Å². The average Bonchev–Trinajstić information content (AvgIpc) is 2.72. The lowest BCUT2D eigenvalue weighted by Gasteiger charge is -2.09. The Morgan fingerprint density at radius 3 is 1.89 bits per heavy atom. The number of hydrogen-bond acceptors (Lipinski definition) is 4. The number of hydrogen-bond donors (Lipinski definition) is 2. The van der Waals surface area contributed by atoms with Gasteiger partial charge in [-0.2, -0.15) is 0 Å². The molecular formula is C23H20O5. The van der Waals surface area contributed by atoms with Gasteiger partial charge in [0.15, 0.2) is 0 Å². The highest BCUT2D eigenvalue weighted by atomic mass is 16.5. The van der Waals surface area contributed by atoms with Gasteiger partial charge in [-0.3, -0.25) is 0 Å². The molecule has 0 heterocycles. The number of ether oxygens (including phenoxy) is 2. The van der Waals surface area contributed by atoms with Crippen molar-refractivity contribution in [3.63, 3.8) is 0 Å². The molecule has 28 heavy (non-hydrogen) atoms. The summed E-state index contributed by atoms with van der Waals surface area (Å²) in [6, 6.07) is 19.2. The van der Waals surface area contributed by atoms with E-state index >= 15 is 0 Å². The van der Waals surface area contributed by atoms with Crippen molar-refractivity contribution >= 4 is 17.6 Å². The van der Waals surface area contributed by atoms with Crippen molar-refractivity contribution in [3.8, 4) is 28.4 Å². The highest BCUT2D eigenvalue weighted by Gasteiger charge is 2.11. The third kappa shape index (κ3) is 4.32. The lowest BCUT2D eigenvalue weighted by molar-refractivity contribution is -0.130. The summed E-state index contributed by atoms with van der Waals surface area (Å²) in [4.78, 5) is 11.7. The number of phenolic OH excluding ortho intramolecular Hbond substituents is 1. The average molecular weight is 376 g/mol. The van der Waals surface area contributed by atoms with E-state index in [1.807, 2.05) is 36.4 Å². The molecule has 2 N–H and O–H groups in total. The minimum Gasteiger partial charge on any atom is -0.508 e. The molecule has 3 aromatic carbocycles. The van der Waals surface area contributed by atoms with E-state index in [9.17, 15) is 15.0 Å². The Bertz CT molecular complexity index is 980. The minimum atomic E-state index is -1.03. The fourth-order valence-electron chi connectivity index (χ4n) is 2.82. The van der Waals surface area contributed by atoms with Gasteiger partial charge in [-0.25, -0.2) is 4.79 Å². The molecule has 142 valence electrons. The molecule has 3 aromatic rings. The van der Waals surface area contributed by atoms with Crippen molar-refractivity contribution < 1.29 is 24.5 Å². The quantitative estimate of drug-likeness (QED) is 0.482. The van der Waals surface area contributed by atoms with Gasteiger partial charge in [0.2, 0.25) is 0 Å². The number of aliphatic carboxylic acids is 1. The highest BCUT2D eigenvalue weighted by molar-refractivity contribution is 6.20. The fourth-order valence-corrected chi connectivity index (χ4v) is 2.82.